The van der Waals surface area contributed by atoms with Crippen LogP contribution in [0.1, 0.15) is 30.4 Å². The monoisotopic (exact) mass is 276 g/mol. The zero-order chi connectivity index (χ0) is 14.9. The molecule has 7 nitrogen and oxygen atoms in total. The number of aromatic nitrogens is 3. The molecule has 2 rings (SSSR count). The van der Waals surface area contributed by atoms with Crippen LogP contribution in [-0.2, 0) is 0 Å². The second kappa shape index (κ2) is 5.20. The van der Waals surface area contributed by atoms with Crippen LogP contribution < -0.4 is 10.5 Å². The smallest absolute Gasteiger partial charge is 0.358 e. The average Bonchev–Trinajstić information content (AvgIpc) is 2.83. The number of hydrogen-bond acceptors (Lipinski definition) is 5. The molecule has 0 atom stereocenters. The third-order valence-electron chi connectivity index (χ3n) is 2.89. The number of methoxy groups -OCH3 is 1. The Balaban J connectivity index is 2.64. The minimum Gasteiger partial charge on any atom is -0.495 e. The molecule has 20 heavy (non-hydrogen) atoms. The van der Waals surface area contributed by atoms with Crippen LogP contribution in [0.15, 0.2) is 18.2 Å². The summed E-state index contributed by atoms with van der Waals surface area (Å²) in [5.74, 6) is -0.588. The van der Waals surface area contributed by atoms with Gasteiger partial charge in [0.25, 0.3) is 0 Å². The molecule has 0 aliphatic carbocycles. The minimum absolute atomic E-state index is 0.0195. The van der Waals surface area contributed by atoms with E-state index >= 15 is 0 Å². The third kappa shape index (κ3) is 2.29. The van der Waals surface area contributed by atoms with E-state index in [1.807, 2.05) is 13.8 Å². The highest BCUT2D eigenvalue weighted by Gasteiger charge is 2.22. The zero-order valence-electron chi connectivity index (χ0n) is 11.5. The minimum atomic E-state index is -1.12. The number of aromatic carboxylic acids is 1. The zero-order valence-corrected chi connectivity index (χ0v) is 11.5. The van der Waals surface area contributed by atoms with Gasteiger partial charge >= 0.3 is 5.97 Å². The van der Waals surface area contributed by atoms with Crippen LogP contribution in [0.25, 0.3) is 11.3 Å². The van der Waals surface area contributed by atoms with Gasteiger partial charge < -0.3 is 15.6 Å². The number of nitrogens with two attached hydrogens (primary N) is 1. The molecule has 0 saturated heterocycles. The van der Waals surface area contributed by atoms with Gasteiger partial charge in [0.2, 0.25) is 0 Å². The van der Waals surface area contributed by atoms with E-state index in [4.69, 9.17) is 10.5 Å². The first-order chi connectivity index (χ1) is 9.45. The number of hydrogen-bond donors (Lipinski definition) is 2. The van der Waals surface area contributed by atoms with Gasteiger partial charge in [0.1, 0.15) is 11.4 Å². The predicted molar refractivity (Wildman–Crippen MR) is 73.8 cm³/mol. The molecule has 0 radical (unpaired) electrons. The fourth-order valence-electron chi connectivity index (χ4n) is 1.95. The number of rotatable bonds is 4. The lowest BCUT2D eigenvalue weighted by molar-refractivity contribution is 0.0691. The summed E-state index contributed by atoms with van der Waals surface area (Å²) in [6, 6.07) is 5.06. The van der Waals surface area contributed by atoms with Crippen LogP contribution in [0.2, 0.25) is 0 Å². The van der Waals surface area contributed by atoms with E-state index in [1.54, 1.807) is 22.9 Å². The number of nitrogen functional groups attached to an aromatic ring is 1. The Morgan fingerprint density at radius 3 is 2.65 bits per heavy atom. The number of nitrogens with zero attached hydrogens (tertiary/aromatic N) is 3. The lowest BCUT2D eigenvalue weighted by atomic mass is 10.1. The highest BCUT2D eigenvalue weighted by Crippen LogP contribution is 2.30. The molecular formula is C13H16N4O3. The highest BCUT2D eigenvalue weighted by atomic mass is 16.5. The van der Waals surface area contributed by atoms with Gasteiger partial charge in [0.05, 0.1) is 12.8 Å². The molecule has 0 unspecified atom stereocenters. The van der Waals surface area contributed by atoms with Crippen molar-refractivity contribution in [3.63, 3.8) is 0 Å². The molecule has 0 fully saturated rings. The summed E-state index contributed by atoms with van der Waals surface area (Å²) in [6.07, 6.45) is 0. The first-order valence-corrected chi connectivity index (χ1v) is 6.08. The Morgan fingerprint density at radius 1 is 1.45 bits per heavy atom. The van der Waals surface area contributed by atoms with Crippen LogP contribution in [0.5, 0.6) is 5.75 Å². The third-order valence-corrected chi connectivity index (χ3v) is 2.89. The van der Waals surface area contributed by atoms with E-state index < -0.39 is 5.97 Å². The second-order valence-electron chi connectivity index (χ2n) is 4.59. The summed E-state index contributed by atoms with van der Waals surface area (Å²) in [6.45, 7) is 3.80. The van der Waals surface area contributed by atoms with Crippen LogP contribution in [0, 0.1) is 0 Å². The number of benzene rings is 1. The van der Waals surface area contributed by atoms with Gasteiger partial charge in [-0.25, -0.2) is 9.48 Å². The molecule has 0 bridgehead atoms. The lowest BCUT2D eigenvalue weighted by Gasteiger charge is -2.12. The quantitative estimate of drug-likeness (QED) is 0.825. The van der Waals surface area contributed by atoms with E-state index in [1.165, 1.54) is 7.11 Å². The summed E-state index contributed by atoms with van der Waals surface area (Å²) < 4.78 is 6.65. The van der Waals surface area contributed by atoms with E-state index in [-0.39, 0.29) is 11.7 Å². The summed E-state index contributed by atoms with van der Waals surface area (Å²) in [5.41, 5.74) is 7.27. The van der Waals surface area contributed by atoms with Crippen molar-refractivity contribution >= 4 is 11.7 Å². The summed E-state index contributed by atoms with van der Waals surface area (Å²) in [4.78, 5) is 11.3. The molecular weight excluding hydrogens is 260 g/mol. The van der Waals surface area contributed by atoms with Crippen molar-refractivity contribution in [1.29, 1.82) is 0 Å². The fraction of sp³-hybridized carbons (Fsp3) is 0.308. The molecule has 0 amide bonds. The first kappa shape index (κ1) is 13.9. The van der Waals surface area contributed by atoms with Crippen LogP contribution in [-0.4, -0.2) is 33.2 Å². The molecule has 0 saturated carbocycles. The van der Waals surface area contributed by atoms with Gasteiger partial charge in [-0.2, -0.15) is 0 Å². The summed E-state index contributed by atoms with van der Waals surface area (Å²) >= 11 is 0. The molecule has 0 aliphatic heterocycles. The molecule has 3 N–H and O–H groups in total. The predicted octanol–water partition coefficient (Wildman–Crippen LogP) is 1.81. The molecule has 0 spiro atoms. The van der Waals surface area contributed by atoms with Gasteiger partial charge in [-0.3, -0.25) is 0 Å². The Hall–Kier alpha value is -2.57. The van der Waals surface area contributed by atoms with Crippen molar-refractivity contribution in [3.05, 3.63) is 23.9 Å². The number of carboxylic acid groups (broad SMARTS) is 1. The second-order valence-corrected chi connectivity index (χ2v) is 4.59. The Kier molecular flexibility index (Phi) is 3.60. The van der Waals surface area contributed by atoms with E-state index in [0.29, 0.717) is 22.7 Å². The number of ether oxygens (including phenoxy) is 1. The van der Waals surface area contributed by atoms with Gasteiger partial charge in [0.15, 0.2) is 5.69 Å². The number of carbonyl (C=O) groups is 1. The normalized spacial score (nSPS) is 10.8. The van der Waals surface area contributed by atoms with Crippen molar-refractivity contribution < 1.29 is 14.6 Å². The van der Waals surface area contributed by atoms with Crippen molar-refractivity contribution in [2.24, 2.45) is 0 Å². The molecule has 7 heteroatoms. The Bertz CT molecular complexity index is 649. The Morgan fingerprint density at radius 2 is 2.15 bits per heavy atom. The highest BCUT2D eigenvalue weighted by molar-refractivity contribution is 5.93. The SMILES string of the molecule is COc1ccc(-c2c(C(=O)O)nnn2C(C)C)cc1N. The van der Waals surface area contributed by atoms with Gasteiger partial charge in [-0.05, 0) is 32.0 Å². The molecule has 106 valence electrons. The molecule has 1 aromatic heterocycles. The molecule has 2 aromatic rings. The molecule has 0 aliphatic rings. The Labute approximate surface area is 116 Å². The van der Waals surface area contributed by atoms with Crippen LogP contribution in [0.3, 0.4) is 0 Å². The number of anilines is 1. The molecule has 1 aromatic carbocycles. The average molecular weight is 276 g/mol. The summed E-state index contributed by atoms with van der Waals surface area (Å²) in [7, 11) is 1.52. The van der Waals surface area contributed by atoms with E-state index in [9.17, 15) is 9.90 Å². The van der Waals surface area contributed by atoms with Crippen molar-refractivity contribution in [2.45, 2.75) is 19.9 Å². The topological polar surface area (TPSA) is 103 Å². The fourth-order valence-corrected chi connectivity index (χ4v) is 1.95. The molecule has 1 heterocycles. The van der Waals surface area contributed by atoms with E-state index in [0.717, 1.165) is 0 Å². The lowest BCUT2D eigenvalue weighted by Crippen LogP contribution is -2.07. The first-order valence-electron chi connectivity index (χ1n) is 6.08. The van der Waals surface area contributed by atoms with Crippen LogP contribution in [0.4, 0.5) is 5.69 Å². The summed E-state index contributed by atoms with van der Waals surface area (Å²) in [5, 5.41) is 16.8. The number of carboxylic acids is 1. The van der Waals surface area contributed by atoms with Crippen molar-refractivity contribution in [2.75, 3.05) is 12.8 Å². The maximum atomic E-state index is 11.3. The largest absolute Gasteiger partial charge is 0.495 e. The van der Waals surface area contributed by atoms with E-state index in [2.05, 4.69) is 10.3 Å². The van der Waals surface area contributed by atoms with Gasteiger partial charge in [0, 0.05) is 11.6 Å². The van der Waals surface area contributed by atoms with Crippen LogP contribution >= 0.6 is 0 Å². The van der Waals surface area contributed by atoms with Crippen molar-refractivity contribution in [3.8, 4) is 17.0 Å². The maximum absolute atomic E-state index is 11.3. The van der Waals surface area contributed by atoms with Gasteiger partial charge in [-0.1, -0.05) is 5.21 Å². The van der Waals surface area contributed by atoms with Gasteiger partial charge in [-0.15, -0.1) is 5.10 Å². The maximum Gasteiger partial charge on any atom is 0.358 e. The standard InChI is InChI=1S/C13H16N4O3/c1-7(2)17-12(11(13(18)19)15-16-17)8-4-5-10(20-3)9(14)6-8/h4-7H,14H2,1-3H3,(H,18,19). The van der Waals surface area contributed by atoms with Crippen molar-refractivity contribution in [1.82, 2.24) is 15.0 Å².